The first kappa shape index (κ1) is 14.5. The second-order valence-corrected chi connectivity index (χ2v) is 4.37. The number of rotatable bonds is 4. The zero-order valence-electron chi connectivity index (χ0n) is 9.19. The van der Waals surface area contributed by atoms with E-state index in [1.807, 2.05) is 0 Å². The lowest BCUT2D eigenvalue weighted by Gasteiger charge is -2.20. The Morgan fingerprint density at radius 2 is 1.94 bits per heavy atom. The van der Waals surface area contributed by atoms with E-state index in [-0.39, 0.29) is 12.4 Å². The van der Waals surface area contributed by atoms with Gasteiger partial charge in [0.1, 0.15) is 0 Å². The van der Waals surface area contributed by atoms with E-state index in [1.54, 1.807) is 25.2 Å². The van der Waals surface area contributed by atoms with Crippen molar-refractivity contribution in [3.8, 4) is 0 Å². The molecule has 0 bridgehead atoms. The molecule has 0 aromatic heterocycles. The summed E-state index contributed by atoms with van der Waals surface area (Å²) in [6, 6.07) is 5.05. The summed E-state index contributed by atoms with van der Waals surface area (Å²) >= 11 is 11.6. The highest BCUT2D eigenvalue weighted by Gasteiger charge is 2.27. The third kappa shape index (κ3) is 4.64. The molecule has 0 saturated heterocycles. The maximum Gasteiger partial charge on any atom is 0.390 e. The average Bonchev–Trinajstić information content (AvgIpc) is 2.24. The van der Waals surface area contributed by atoms with Crippen LogP contribution in [0.15, 0.2) is 18.2 Å². The van der Waals surface area contributed by atoms with Gasteiger partial charge in [-0.05, 0) is 17.7 Å². The van der Waals surface area contributed by atoms with Crippen LogP contribution in [-0.4, -0.2) is 19.8 Å². The van der Waals surface area contributed by atoms with E-state index in [9.17, 15) is 13.2 Å². The first-order valence-electron chi connectivity index (χ1n) is 4.96. The number of anilines is 1. The second-order valence-electron chi connectivity index (χ2n) is 3.70. The molecular weight excluding hydrogens is 274 g/mol. The number of nitrogens with zero attached hydrogens (tertiary/aromatic N) is 1. The van der Waals surface area contributed by atoms with Gasteiger partial charge in [0.2, 0.25) is 0 Å². The van der Waals surface area contributed by atoms with Gasteiger partial charge in [0.05, 0.1) is 6.42 Å². The molecule has 6 heteroatoms. The molecule has 0 atom stereocenters. The Labute approximate surface area is 108 Å². The van der Waals surface area contributed by atoms with Crippen molar-refractivity contribution in [2.45, 2.75) is 18.5 Å². The molecule has 0 N–H and O–H groups in total. The lowest BCUT2D eigenvalue weighted by molar-refractivity contribution is -0.132. The van der Waals surface area contributed by atoms with Crippen molar-refractivity contribution in [1.82, 2.24) is 0 Å². The fraction of sp³-hybridized carbons (Fsp3) is 0.455. The highest BCUT2D eigenvalue weighted by atomic mass is 35.5. The van der Waals surface area contributed by atoms with E-state index in [4.69, 9.17) is 23.2 Å². The maximum absolute atomic E-state index is 12.1. The van der Waals surface area contributed by atoms with Gasteiger partial charge in [-0.1, -0.05) is 17.7 Å². The van der Waals surface area contributed by atoms with Gasteiger partial charge in [-0.3, -0.25) is 0 Å². The van der Waals surface area contributed by atoms with Gasteiger partial charge in [-0.15, -0.1) is 11.6 Å². The molecule has 0 fully saturated rings. The number of benzene rings is 1. The van der Waals surface area contributed by atoms with Crippen molar-refractivity contribution in [3.05, 3.63) is 28.8 Å². The summed E-state index contributed by atoms with van der Waals surface area (Å²) in [5, 5.41) is 0.469. The zero-order valence-corrected chi connectivity index (χ0v) is 10.7. The van der Waals surface area contributed by atoms with Crippen LogP contribution in [0, 0.1) is 0 Å². The number of hydrogen-bond donors (Lipinski definition) is 0. The van der Waals surface area contributed by atoms with Crippen molar-refractivity contribution in [1.29, 1.82) is 0 Å². The minimum atomic E-state index is -4.14. The molecule has 1 rings (SSSR count). The van der Waals surface area contributed by atoms with Crippen LogP contribution < -0.4 is 4.90 Å². The van der Waals surface area contributed by atoms with Crippen LogP contribution in [0.5, 0.6) is 0 Å². The highest BCUT2D eigenvalue weighted by Crippen LogP contribution is 2.26. The predicted octanol–water partition coefficient (Wildman–Crippen LogP) is 4.47. The van der Waals surface area contributed by atoms with Crippen molar-refractivity contribution in [2.24, 2.45) is 0 Å². The Balaban J connectivity index is 2.69. The normalized spacial score (nSPS) is 11.6. The van der Waals surface area contributed by atoms with Crippen LogP contribution in [-0.2, 0) is 5.88 Å². The Hall–Kier alpha value is -0.610. The van der Waals surface area contributed by atoms with Crippen molar-refractivity contribution in [3.63, 3.8) is 0 Å². The van der Waals surface area contributed by atoms with Gasteiger partial charge in [0, 0.05) is 30.2 Å². The largest absolute Gasteiger partial charge is 0.390 e. The van der Waals surface area contributed by atoms with Gasteiger partial charge in [-0.25, -0.2) is 0 Å². The quantitative estimate of drug-likeness (QED) is 0.738. The summed E-state index contributed by atoms with van der Waals surface area (Å²) in [7, 11) is 1.60. The van der Waals surface area contributed by atoms with Crippen LogP contribution in [0.3, 0.4) is 0 Å². The van der Waals surface area contributed by atoms with Crippen molar-refractivity contribution >= 4 is 28.9 Å². The molecule has 1 aromatic rings. The molecule has 0 radical (unpaired) electrons. The van der Waals surface area contributed by atoms with E-state index in [0.29, 0.717) is 10.7 Å². The maximum atomic E-state index is 12.1. The van der Waals surface area contributed by atoms with Gasteiger partial charge in [0.15, 0.2) is 0 Å². The van der Waals surface area contributed by atoms with E-state index >= 15 is 0 Å². The summed E-state index contributed by atoms with van der Waals surface area (Å²) in [6.45, 7) is -0.0972. The van der Waals surface area contributed by atoms with Gasteiger partial charge < -0.3 is 4.90 Å². The third-order valence-corrected chi connectivity index (χ3v) is 2.99. The molecular formula is C11H12Cl2F3N. The number of halogens is 5. The fourth-order valence-corrected chi connectivity index (χ4v) is 1.85. The molecule has 0 amide bonds. The topological polar surface area (TPSA) is 3.24 Å². The van der Waals surface area contributed by atoms with Crippen LogP contribution in [0.25, 0.3) is 0 Å². The highest BCUT2D eigenvalue weighted by molar-refractivity contribution is 6.32. The lowest BCUT2D eigenvalue weighted by atomic mass is 10.2. The van der Waals surface area contributed by atoms with E-state index in [2.05, 4.69) is 0 Å². The Bertz CT molecular complexity index is 379. The minimum Gasteiger partial charge on any atom is -0.374 e. The monoisotopic (exact) mass is 285 g/mol. The first-order valence-corrected chi connectivity index (χ1v) is 5.87. The third-order valence-electron chi connectivity index (χ3n) is 2.35. The van der Waals surface area contributed by atoms with Gasteiger partial charge >= 0.3 is 6.18 Å². The summed E-state index contributed by atoms with van der Waals surface area (Å²) in [4.78, 5) is 1.51. The predicted molar refractivity (Wildman–Crippen MR) is 65.0 cm³/mol. The van der Waals surface area contributed by atoms with Crippen LogP contribution in [0.4, 0.5) is 18.9 Å². The molecule has 17 heavy (non-hydrogen) atoms. The standard InChI is InChI=1S/C11H12Cl2F3N/c1-17(5-4-11(14,15)16)9-3-2-8(7-12)10(13)6-9/h2-3,6H,4-5,7H2,1H3. The smallest absolute Gasteiger partial charge is 0.374 e. The molecule has 0 saturated carbocycles. The Morgan fingerprint density at radius 3 is 2.41 bits per heavy atom. The second kappa shape index (κ2) is 5.83. The molecule has 1 nitrogen and oxygen atoms in total. The van der Waals surface area contributed by atoms with Crippen molar-refractivity contribution < 1.29 is 13.2 Å². The minimum absolute atomic E-state index is 0.0972. The first-order chi connectivity index (χ1) is 7.83. The Morgan fingerprint density at radius 1 is 1.29 bits per heavy atom. The number of alkyl halides is 4. The lowest BCUT2D eigenvalue weighted by Crippen LogP contribution is -2.23. The van der Waals surface area contributed by atoms with Gasteiger partial charge in [-0.2, -0.15) is 13.2 Å². The molecule has 0 heterocycles. The van der Waals surface area contributed by atoms with Crippen LogP contribution in [0.1, 0.15) is 12.0 Å². The van der Waals surface area contributed by atoms with Crippen LogP contribution in [0.2, 0.25) is 5.02 Å². The molecule has 0 aliphatic rings. The molecule has 0 spiro atoms. The average molecular weight is 286 g/mol. The van der Waals surface area contributed by atoms with E-state index < -0.39 is 12.6 Å². The van der Waals surface area contributed by atoms with E-state index in [0.717, 1.165) is 5.56 Å². The Kier molecular flexibility index (Phi) is 4.95. The number of hydrogen-bond acceptors (Lipinski definition) is 1. The summed E-state index contributed by atoms with van der Waals surface area (Å²) in [5.41, 5.74) is 1.41. The molecule has 0 aliphatic carbocycles. The van der Waals surface area contributed by atoms with E-state index in [1.165, 1.54) is 4.90 Å². The SMILES string of the molecule is CN(CCC(F)(F)F)c1ccc(CCl)c(Cl)c1. The van der Waals surface area contributed by atoms with Gasteiger partial charge in [0.25, 0.3) is 0 Å². The van der Waals surface area contributed by atoms with Crippen LogP contribution >= 0.6 is 23.2 Å². The summed E-state index contributed by atoms with van der Waals surface area (Å²) < 4.78 is 36.2. The van der Waals surface area contributed by atoms with Crippen molar-refractivity contribution in [2.75, 3.05) is 18.5 Å². The zero-order chi connectivity index (χ0) is 13.1. The summed E-state index contributed by atoms with van der Waals surface area (Å²) in [6.07, 6.45) is -4.99. The molecule has 96 valence electrons. The molecule has 1 aromatic carbocycles. The molecule has 0 aliphatic heterocycles. The molecule has 0 unspecified atom stereocenters. The fourth-order valence-electron chi connectivity index (χ4n) is 1.31. The summed E-state index contributed by atoms with van der Waals surface area (Å²) in [5.74, 6) is 0.283.